The highest BCUT2D eigenvalue weighted by atomic mass is 16.5. The summed E-state index contributed by atoms with van der Waals surface area (Å²) in [4.78, 5) is 0. The van der Waals surface area contributed by atoms with Crippen LogP contribution >= 0.6 is 0 Å². The molecule has 0 N–H and O–H groups in total. The zero-order valence-corrected chi connectivity index (χ0v) is 13.5. The second kappa shape index (κ2) is 10.3. The van der Waals surface area contributed by atoms with Gasteiger partial charge in [-0.1, -0.05) is 37.1 Å². The van der Waals surface area contributed by atoms with Crippen LogP contribution in [0.1, 0.15) is 32.1 Å². The molecule has 0 aliphatic rings. The zero-order chi connectivity index (χ0) is 16.2. The maximum absolute atomic E-state index is 5.74. The molecule has 2 rings (SSSR count). The lowest BCUT2D eigenvalue weighted by atomic mass is 10.1. The number of ether oxygens (including phenoxy) is 1. The molecule has 3 heteroatoms. The average molecular weight is 308 g/mol. The third-order valence-electron chi connectivity index (χ3n) is 3.45. The summed E-state index contributed by atoms with van der Waals surface area (Å²) in [6.07, 6.45) is 7.86. The van der Waals surface area contributed by atoms with E-state index in [2.05, 4.69) is 16.8 Å². The van der Waals surface area contributed by atoms with Crippen molar-refractivity contribution in [2.24, 2.45) is 10.2 Å². The van der Waals surface area contributed by atoms with Crippen LogP contribution in [0.5, 0.6) is 5.75 Å². The SMILES string of the molecule is C=CCCCCCCOc1ccc(N=Nc2ccccc2)cc1. The minimum absolute atomic E-state index is 0.763. The lowest BCUT2D eigenvalue weighted by molar-refractivity contribution is 0.305. The number of allylic oxidation sites excluding steroid dienone is 1. The van der Waals surface area contributed by atoms with Gasteiger partial charge in [-0.05, 0) is 55.7 Å². The highest BCUT2D eigenvalue weighted by Crippen LogP contribution is 2.21. The van der Waals surface area contributed by atoms with Crippen molar-refractivity contribution in [3.8, 4) is 5.75 Å². The van der Waals surface area contributed by atoms with Crippen LogP contribution < -0.4 is 4.74 Å². The summed E-state index contributed by atoms with van der Waals surface area (Å²) >= 11 is 0. The fourth-order valence-corrected chi connectivity index (χ4v) is 2.15. The molecule has 0 heterocycles. The molecule has 0 fully saturated rings. The number of azo groups is 1. The molecular formula is C20H24N2O. The fourth-order valence-electron chi connectivity index (χ4n) is 2.15. The molecule has 3 nitrogen and oxygen atoms in total. The van der Waals surface area contributed by atoms with E-state index in [4.69, 9.17) is 4.74 Å². The Morgan fingerprint density at radius 2 is 1.43 bits per heavy atom. The van der Waals surface area contributed by atoms with Crippen LogP contribution in [0.2, 0.25) is 0 Å². The van der Waals surface area contributed by atoms with E-state index >= 15 is 0 Å². The van der Waals surface area contributed by atoms with Crippen molar-refractivity contribution in [1.29, 1.82) is 0 Å². The maximum Gasteiger partial charge on any atom is 0.119 e. The molecule has 0 unspecified atom stereocenters. The average Bonchev–Trinajstić information content (AvgIpc) is 2.61. The number of benzene rings is 2. The third kappa shape index (κ3) is 6.92. The summed E-state index contributed by atoms with van der Waals surface area (Å²) < 4.78 is 5.74. The largest absolute Gasteiger partial charge is 0.494 e. The van der Waals surface area contributed by atoms with E-state index in [9.17, 15) is 0 Å². The monoisotopic (exact) mass is 308 g/mol. The van der Waals surface area contributed by atoms with E-state index < -0.39 is 0 Å². The molecule has 120 valence electrons. The van der Waals surface area contributed by atoms with Crippen LogP contribution in [0, 0.1) is 0 Å². The van der Waals surface area contributed by atoms with Crippen molar-refractivity contribution in [2.75, 3.05) is 6.61 Å². The van der Waals surface area contributed by atoms with Crippen molar-refractivity contribution in [3.63, 3.8) is 0 Å². The van der Waals surface area contributed by atoms with Gasteiger partial charge in [0, 0.05) is 0 Å². The second-order valence-corrected chi connectivity index (χ2v) is 5.37. The molecule has 0 aliphatic heterocycles. The quantitative estimate of drug-likeness (QED) is 0.276. The number of hydrogen-bond donors (Lipinski definition) is 0. The Morgan fingerprint density at radius 1 is 0.783 bits per heavy atom. The molecule has 0 atom stereocenters. The van der Waals surface area contributed by atoms with Crippen LogP contribution in [0.4, 0.5) is 11.4 Å². The van der Waals surface area contributed by atoms with Gasteiger partial charge >= 0.3 is 0 Å². The molecule has 2 aromatic rings. The van der Waals surface area contributed by atoms with Gasteiger partial charge in [-0.2, -0.15) is 10.2 Å². The summed E-state index contributed by atoms with van der Waals surface area (Å²) in [6, 6.07) is 17.4. The molecular weight excluding hydrogens is 284 g/mol. The summed E-state index contributed by atoms with van der Waals surface area (Å²) in [5.74, 6) is 0.884. The topological polar surface area (TPSA) is 34.0 Å². The third-order valence-corrected chi connectivity index (χ3v) is 3.45. The fraction of sp³-hybridized carbons (Fsp3) is 0.300. The van der Waals surface area contributed by atoms with Crippen molar-refractivity contribution >= 4 is 11.4 Å². The molecule has 0 saturated carbocycles. The minimum Gasteiger partial charge on any atom is -0.494 e. The van der Waals surface area contributed by atoms with E-state index in [-0.39, 0.29) is 0 Å². The molecule has 0 spiro atoms. The van der Waals surface area contributed by atoms with Crippen molar-refractivity contribution in [1.82, 2.24) is 0 Å². The molecule has 0 radical (unpaired) electrons. The number of unbranched alkanes of at least 4 members (excludes halogenated alkanes) is 4. The Kier molecular flexibility index (Phi) is 7.61. The predicted octanol–water partition coefficient (Wildman–Crippen LogP) is 6.62. The zero-order valence-electron chi connectivity index (χ0n) is 13.5. The van der Waals surface area contributed by atoms with Gasteiger partial charge in [0.05, 0.1) is 18.0 Å². The highest BCUT2D eigenvalue weighted by Gasteiger charge is 1.96. The van der Waals surface area contributed by atoms with Gasteiger partial charge < -0.3 is 4.74 Å². The first-order chi connectivity index (χ1) is 11.4. The Morgan fingerprint density at radius 3 is 2.13 bits per heavy atom. The highest BCUT2D eigenvalue weighted by molar-refractivity contribution is 5.42. The normalized spacial score (nSPS) is 10.8. The molecule has 23 heavy (non-hydrogen) atoms. The predicted molar refractivity (Wildman–Crippen MR) is 95.8 cm³/mol. The second-order valence-electron chi connectivity index (χ2n) is 5.37. The van der Waals surface area contributed by atoms with E-state index in [1.54, 1.807) is 0 Å². The van der Waals surface area contributed by atoms with E-state index in [0.29, 0.717) is 0 Å². The molecule has 0 aromatic heterocycles. The lowest BCUT2D eigenvalue weighted by Crippen LogP contribution is -1.96. The van der Waals surface area contributed by atoms with Gasteiger partial charge in [-0.25, -0.2) is 0 Å². The molecule has 0 bridgehead atoms. The Balaban J connectivity index is 1.70. The first-order valence-electron chi connectivity index (χ1n) is 8.19. The number of nitrogens with zero attached hydrogens (tertiary/aromatic N) is 2. The van der Waals surface area contributed by atoms with Gasteiger partial charge in [0.15, 0.2) is 0 Å². The summed E-state index contributed by atoms with van der Waals surface area (Å²) in [7, 11) is 0. The number of hydrogen-bond acceptors (Lipinski definition) is 3. The van der Waals surface area contributed by atoms with Crippen LogP contribution in [0.15, 0.2) is 77.5 Å². The molecule has 0 aliphatic carbocycles. The van der Waals surface area contributed by atoms with Crippen LogP contribution in [-0.2, 0) is 0 Å². The van der Waals surface area contributed by atoms with E-state index in [0.717, 1.165) is 36.6 Å². The minimum atomic E-state index is 0.763. The molecule has 0 amide bonds. The Labute approximate surface area is 138 Å². The molecule has 2 aromatic carbocycles. The van der Waals surface area contributed by atoms with Gasteiger partial charge in [0.1, 0.15) is 5.75 Å². The van der Waals surface area contributed by atoms with Gasteiger partial charge in [0.25, 0.3) is 0 Å². The Hall–Kier alpha value is -2.42. The molecule has 0 saturated heterocycles. The number of rotatable bonds is 10. The van der Waals surface area contributed by atoms with Gasteiger partial charge in [-0.3, -0.25) is 0 Å². The lowest BCUT2D eigenvalue weighted by Gasteiger charge is -2.06. The first-order valence-corrected chi connectivity index (χ1v) is 8.19. The Bertz CT molecular complexity index is 591. The van der Waals surface area contributed by atoms with Gasteiger partial charge in [0.2, 0.25) is 0 Å². The summed E-state index contributed by atoms with van der Waals surface area (Å²) in [6.45, 7) is 4.50. The van der Waals surface area contributed by atoms with Gasteiger partial charge in [-0.15, -0.1) is 6.58 Å². The standard InChI is InChI=1S/C20H24N2O/c1-2-3-4-5-6-10-17-23-20-15-13-19(14-16-20)22-21-18-11-8-7-9-12-18/h2,7-9,11-16H,1,3-6,10,17H2. The summed E-state index contributed by atoms with van der Waals surface area (Å²) in [5.41, 5.74) is 1.68. The summed E-state index contributed by atoms with van der Waals surface area (Å²) in [5, 5.41) is 8.41. The van der Waals surface area contributed by atoms with E-state index in [1.807, 2.05) is 60.7 Å². The van der Waals surface area contributed by atoms with Crippen molar-refractivity contribution < 1.29 is 4.74 Å². The smallest absolute Gasteiger partial charge is 0.119 e. The van der Waals surface area contributed by atoms with Crippen molar-refractivity contribution in [3.05, 3.63) is 67.3 Å². The van der Waals surface area contributed by atoms with E-state index in [1.165, 1.54) is 19.3 Å². The van der Waals surface area contributed by atoms with Crippen LogP contribution in [0.25, 0.3) is 0 Å². The maximum atomic E-state index is 5.74. The first kappa shape index (κ1) is 16.9. The van der Waals surface area contributed by atoms with Crippen molar-refractivity contribution in [2.45, 2.75) is 32.1 Å². The van der Waals surface area contributed by atoms with Crippen LogP contribution in [-0.4, -0.2) is 6.61 Å². The van der Waals surface area contributed by atoms with Crippen LogP contribution in [0.3, 0.4) is 0 Å².